The van der Waals surface area contributed by atoms with E-state index in [-0.39, 0.29) is 34.8 Å². The van der Waals surface area contributed by atoms with E-state index < -0.39 is 28.5 Å². The lowest BCUT2D eigenvalue weighted by Gasteiger charge is -2.34. The second kappa shape index (κ2) is 14.5. The molecule has 0 bridgehead atoms. The van der Waals surface area contributed by atoms with E-state index in [9.17, 15) is 18.0 Å². The highest BCUT2D eigenvalue weighted by Gasteiger charge is 2.35. The molecular weight excluding hydrogens is 609 g/mol. The predicted molar refractivity (Wildman–Crippen MR) is 170 cm³/mol. The molecule has 0 aromatic heterocycles. The van der Waals surface area contributed by atoms with Crippen molar-refractivity contribution < 1.29 is 22.7 Å². The first-order valence-corrected chi connectivity index (χ1v) is 16.5. The Labute approximate surface area is 264 Å². The molecular formula is C32H37Cl2N3O5S. The maximum atomic E-state index is 14.3. The molecule has 11 heteroatoms. The number of anilines is 1. The van der Waals surface area contributed by atoms with Gasteiger partial charge in [0.05, 0.1) is 17.7 Å². The lowest BCUT2D eigenvalue weighted by atomic mass is 9.95. The number of benzene rings is 3. The average Bonchev–Trinajstić information content (AvgIpc) is 3.00. The SMILES string of the molecule is COc1ccc(C)cc1N(CC(=O)N(Cc1c(Cl)cccc1Cl)[C@@H](C)C(=O)NC1CCCCC1)S(=O)(=O)c1ccccc1. The van der Waals surface area contributed by atoms with Crippen LogP contribution in [-0.2, 0) is 26.2 Å². The first kappa shape index (κ1) is 32.6. The van der Waals surface area contributed by atoms with Crippen LogP contribution in [-0.4, -0.2) is 50.9 Å². The van der Waals surface area contributed by atoms with Crippen molar-refractivity contribution in [1.82, 2.24) is 10.2 Å². The third-order valence-corrected chi connectivity index (χ3v) is 10.2. The van der Waals surface area contributed by atoms with Gasteiger partial charge in [-0.2, -0.15) is 0 Å². The van der Waals surface area contributed by atoms with Gasteiger partial charge in [0.15, 0.2) is 0 Å². The molecule has 0 aliphatic heterocycles. The maximum absolute atomic E-state index is 14.3. The van der Waals surface area contributed by atoms with Crippen molar-refractivity contribution in [1.29, 1.82) is 0 Å². The van der Waals surface area contributed by atoms with Crippen LogP contribution in [0, 0.1) is 6.92 Å². The van der Waals surface area contributed by atoms with Gasteiger partial charge in [0, 0.05) is 28.2 Å². The summed E-state index contributed by atoms with van der Waals surface area (Å²) in [4.78, 5) is 29.1. The molecule has 230 valence electrons. The number of nitrogens with one attached hydrogen (secondary N) is 1. The monoisotopic (exact) mass is 645 g/mol. The highest BCUT2D eigenvalue weighted by molar-refractivity contribution is 7.92. The van der Waals surface area contributed by atoms with Crippen molar-refractivity contribution in [3.63, 3.8) is 0 Å². The Hall–Kier alpha value is -3.27. The van der Waals surface area contributed by atoms with Crippen LogP contribution in [0.15, 0.2) is 71.6 Å². The van der Waals surface area contributed by atoms with Crippen LogP contribution in [0.2, 0.25) is 10.0 Å². The number of halogens is 2. The molecule has 1 N–H and O–H groups in total. The Morgan fingerprint density at radius 3 is 2.26 bits per heavy atom. The van der Waals surface area contributed by atoms with Crippen LogP contribution in [0.3, 0.4) is 0 Å². The van der Waals surface area contributed by atoms with Crippen molar-refractivity contribution >= 4 is 50.7 Å². The molecule has 1 fully saturated rings. The summed E-state index contributed by atoms with van der Waals surface area (Å²) in [7, 11) is -2.80. The highest BCUT2D eigenvalue weighted by atomic mass is 35.5. The highest BCUT2D eigenvalue weighted by Crippen LogP contribution is 2.34. The minimum Gasteiger partial charge on any atom is -0.495 e. The summed E-state index contributed by atoms with van der Waals surface area (Å²) in [5.74, 6) is -0.652. The largest absolute Gasteiger partial charge is 0.495 e. The fourth-order valence-electron chi connectivity index (χ4n) is 5.23. The van der Waals surface area contributed by atoms with Gasteiger partial charge in [-0.15, -0.1) is 0 Å². The second-order valence-corrected chi connectivity index (χ2v) is 13.4. The minimum atomic E-state index is -4.24. The molecule has 2 amide bonds. The Balaban J connectivity index is 1.75. The number of rotatable bonds is 11. The minimum absolute atomic E-state index is 0.00940. The van der Waals surface area contributed by atoms with E-state index in [0.29, 0.717) is 15.6 Å². The zero-order chi connectivity index (χ0) is 31.1. The summed E-state index contributed by atoms with van der Waals surface area (Å²) in [5.41, 5.74) is 1.44. The van der Waals surface area contributed by atoms with Crippen molar-refractivity contribution in [2.75, 3.05) is 18.0 Å². The van der Waals surface area contributed by atoms with E-state index in [1.54, 1.807) is 61.5 Å². The third-order valence-electron chi connectivity index (χ3n) is 7.72. The van der Waals surface area contributed by atoms with Crippen molar-refractivity contribution in [2.24, 2.45) is 0 Å². The Bertz CT molecular complexity index is 1530. The van der Waals surface area contributed by atoms with Gasteiger partial charge in [0.1, 0.15) is 18.3 Å². The Kier molecular flexibility index (Phi) is 11.0. The molecule has 1 saturated carbocycles. The van der Waals surface area contributed by atoms with Crippen molar-refractivity contribution in [3.05, 3.63) is 87.9 Å². The van der Waals surface area contributed by atoms with E-state index in [2.05, 4.69) is 5.32 Å². The number of hydrogen-bond acceptors (Lipinski definition) is 5. The number of nitrogens with zero attached hydrogens (tertiary/aromatic N) is 2. The number of hydrogen-bond donors (Lipinski definition) is 1. The number of ether oxygens (including phenoxy) is 1. The van der Waals surface area contributed by atoms with Crippen LogP contribution in [0.5, 0.6) is 5.75 Å². The molecule has 3 aromatic rings. The van der Waals surface area contributed by atoms with Crippen LogP contribution >= 0.6 is 23.2 Å². The van der Waals surface area contributed by atoms with Crippen LogP contribution in [0.1, 0.15) is 50.2 Å². The van der Waals surface area contributed by atoms with E-state index in [1.807, 2.05) is 6.92 Å². The zero-order valence-corrected chi connectivity index (χ0v) is 26.9. The fraction of sp³-hybridized carbons (Fsp3) is 0.375. The fourth-order valence-corrected chi connectivity index (χ4v) is 7.19. The van der Waals surface area contributed by atoms with Crippen LogP contribution in [0.25, 0.3) is 0 Å². The molecule has 0 heterocycles. The zero-order valence-electron chi connectivity index (χ0n) is 24.6. The van der Waals surface area contributed by atoms with E-state index in [1.165, 1.54) is 24.1 Å². The molecule has 1 aliphatic rings. The van der Waals surface area contributed by atoms with E-state index in [0.717, 1.165) is 42.0 Å². The summed E-state index contributed by atoms with van der Waals surface area (Å²) in [6.45, 7) is 2.76. The quantitative estimate of drug-likeness (QED) is 0.261. The Morgan fingerprint density at radius 1 is 0.977 bits per heavy atom. The lowest BCUT2D eigenvalue weighted by Crippen LogP contribution is -2.53. The number of carbonyl (C=O) groups excluding carboxylic acids is 2. The molecule has 0 radical (unpaired) electrons. The average molecular weight is 647 g/mol. The summed E-state index contributed by atoms with van der Waals surface area (Å²) in [5, 5.41) is 3.75. The molecule has 0 saturated heterocycles. The van der Waals surface area contributed by atoms with Crippen molar-refractivity contribution in [2.45, 2.75) is 69.5 Å². The van der Waals surface area contributed by atoms with Crippen LogP contribution < -0.4 is 14.4 Å². The molecule has 1 aliphatic carbocycles. The standard InChI is InChI=1S/C32H37Cl2N3O5S/c1-22-17-18-30(42-3)29(19-22)37(43(40,41)25-13-8-5-9-14-25)21-31(38)36(20-26-27(33)15-10-16-28(26)34)23(2)32(39)35-24-11-6-4-7-12-24/h5,8-10,13-19,23-24H,4,6-7,11-12,20-21H2,1-3H3,(H,35,39)/t23-/m0/s1. The summed E-state index contributed by atoms with van der Waals surface area (Å²) in [6, 6.07) is 17.1. The van der Waals surface area contributed by atoms with Crippen molar-refractivity contribution in [3.8, 4) is 5.75 Å². The summed E-state index contributed by atoms with van der Waals surface area (Å²) in [6.07, 6.45) is 4.94. The molecule has 8 nitrogen and oxygen atoms in total. The molecule has 4 rings (SSSR count). The third kappa shape index (κ3) is 7.82. The number of methoxy groups -OCH3 is 1. The smallest absolute Gasteiger partial charge is 0.264 e. The van der Waals surface area contributed by atoms with Gasteiger partial charge in [-0.05, 0) is 68.7 Å². The lowest BCUT2D eigenvalue weighted by molar-refractivity contribution is -0.139. The second-order valence-electron chi connectivity index (χ2n) is 10.7. The van der Waals surface area contributed by atoms with Gasteiger partial charge in [-0.25, -0.2) is 8.42 Å². The van der Waals surface area contributed by atoms with Gasteiger partial charge in [0.25, 0.3) is 10.0 Å². The molecule has 0 unspecified atom stereocenters. The van der Waals surface area contributed by atoms with Gasteiger partial charge in [0.2, 0.25) is 11.8 Å². The molecule has 0 spiro atoms. The summed E-state index contributed by atoms with van der Waals surface area (Å²) < 4.78 is 34.7. The van der Waals surface area contributed by atoms with Gasteiger partial charge >= 0.3 is 0 Å². The van der Waals surface area contributed by atoms with Gasteiger partial charge in [-0.1, -0.05) is 72.8 Å². The maximum Gasteiger partial charge on any atom is 0.264 e. The van der Waals surface area contributed by atoms with E-state index in [4.69, 9.17) is 27.9 Å². The van der Waals surface area contributed by atoms with E-state index >= 15 is 0 Å². The molecule has 3 aromatic carbocycles. The number of amides is 2. The van der Waals surface area contributed by atoms with Crippen LogP contribution in [0.4, 0.5) is 5.69 Å². The predicted octanol–water partition coefficient (Wildman–Crippen LogP) is 6.37. The number of sulfonamides is 1. The first-order chi connectivity index (χ1) is 20.5. The summed E-state index contributed by atoms with van der Waals surface area (Å²) >= 11 is 13.0. The molecule has 1 atom stereocenters. The molecule has 43 heavy (non-hydrogen) atoms. The van der Waals surface area contributed by atoms with Gasteiger partial charge < -0.3 is 15.0 Å². The Morgan fingerprint density at radius 2 is 1.63 bits per heavy atom. The topological polar surface area (TPSA) is 96.0 Å². The first-order valence-electron chi connectivity index (χ1n) is 14.3. The number of aryl methyl sites for hydroxylation is 1. The number of carbonyl (C=O) groups is 2. The normalized spacial score (nSPS) is 14.5. The van der Waals surface area contributed by atoms with Gasteiger partial charge in [-0.3, -0.25) is 13.9 Å².